The van der Waals surface area contributed by atoms with E-state index in [2.05, 4.69) is 4.74 Å². The Labute approximate surface area is 73.0 Å². The molecular formula is C9H16O3. The van der Waals surface area contributed by atoms with Crippen molar-refractivity contribution in [3.05, 3.63) is 0 Å². The molecule has 70 valence electrons. The maximum absolute atomic E-state index is 9.18. The highest BCUT2D eigenvalue weighted by molar-refractivity contribution is 5.36. The van der Waals surface area contributed by atoms with Crippen molar-refractivity contribution in [1.29, 1.82) is 0 Å². The summed E-state index contributed by atoms with van der Waals surface area (Å²) in [5, 5.41) is 0. The first-order valence-corrected chi connectivity index (χ1v) is 4.57. The van der Waals surface area contributed by atoms with Crippen molar-refractivity contribution >= 4 is 6.47 Å². The average molecular weight is 172 g/mol. The molecule has 2 aliphatic rings. The zero-order valence-corrected chi connectivity index (χ0v) is 7.49. The predicted octanol–water partition coefficient (Wildman–Crippen LogP) is 1.51. The van der Waals surface area contributed by atoms with Crippen LogP contribution in [0.1, 0.15) is 32.6 Å². The van der Waals surface area contributed by atoms with Crippen LogP contribution in [0.15, 0.2) is 0 Å². The summed E-state index contributed by atoms with van der Waals surface area (Å²) in [4.78, 5) is 9.18. The van der Waals surface area contributed by atoms with Gasteiger partial charge in [0.25, 0.3) is 6.47 Å². The van der Waals surface area contributed by atoms with Crippen LogP contribution in [0.5, 0.6) is 0 Å². The van der Waals surface area contributed by atoms with E-state index in [1.54, 1.807) is 6.92 Å². The van der Waals surface area contributed by atoms with E-state index in [4.69, 9.17) is 4.74 Å². The molecule has 2 rings (SSSR count). The SMILES string of the molecule is C1CC2CCC1O2.CCOC=O. The molecule has 0 saturated carbocycles. The van der Waals surface area contributed by atoms with E-state index < -0.39 is 0 Å². The zero-order chi connectivity index (χ0) is 8.81. The zero-order valence-electron chi connectivity index (χ0n) is 7.49. The number of rotatable bonds is 2. The van der Waals surface area contributed by atoms with Crippen molar-refractivity contribution in [3.8, 4) is 0 Å². The van der Waals surface area contributed by atoms with Crippen LogP contribution in [0.2, 0.25) is 0 Å². The molecule has 0 amide bonds. The fraction of sp³-hybridized carbons (Fsp3) is 0.889. The van der Waals surface area contributed by atoms with E-state index in [0.717, 1.165) is 0 Å². The molecule has 0 spiro atoms. The first-order valence-electron chi connectivity index (χ1n) is 4.57. The third-order valence-corrected chi connectivity index (χ3v) is 2.24. The van der Waals surface area contributed by atoms with Crippen LogP contribution in [-0.2, 0) is 14.3 Å². The predicted molar refractivity (Wildman–Crippen MR) is 44.8 cm³/mol. The van der Waals surface area contributed by atoms with Gasteiger partial charge in [-0.3, -0.25) is 4.79 Å². The summed E-state index contributed by atoms with van der Waals surface area (Å²) in [7, 11) is 0. The third-order valence-electron chi connectivity index (χ3n) is 2.24. The van der Waals surface area contributed by atoms with Crippen molar-refractivity contribution in [3.63, 3.8) is 0 Å². The highest BCUT2D eigenvalue weighted by Gasteiger charge is 2.31. The minimum Gasteiger partial charge on any atom is -0.468 e. The highest BCUT2D eigenvalue weighted by Crippen LogP contribution is 2.33. The summed E-state index contributed by atoms with van der Waals surface area (Å²) in [6.07, 6.45) is 6.69. The molecule has 12 heavy (non-hydrogen) atoms. The number of carbonyl (C=O) groups is 1. The molecule has 0 aromatic heterocycles. The molecule has 2 fully saturated rings. The number of carbonyl (C=O) groups excluding carboxylic acids is 1. The second-order valence-corrected chi connectivity index (χ2v) is 3.09. The van der Waals surface area contributed by atoms with Gasteiger partial charge in [0.1, 0.15) is 0 Å². The van der Waals surface area contributed by atoms with Crippen molar-refractivity contribution in [2.24, 2.45) is 0 Å². The molecule has 3 nitrogen and oxygen atoms in total. The minimum atomic E-state index is 0.431. The fourth-order valence-electron chi connectivity index (χ4n) is 1.64. The summed E-state index contributed by atoms with van der Waals surface area (Å²) in [5.74, 6) is 0. The Morgan fingerprint density at radius 3 is 1.92 bits per heavy atom. The molecule has 0 atom stereocenters. The molecule has 3 heteroatoms. The molecule has 0 N–H and O–H groups in total. The number of hydrogen-bond acceptors (Lipinski definition) is 3. The van der Waals surface area contributed by atoms with Gasteiger partial charge < -0.3 is 9.47 Å². The normalized spacial score (nSPS) is 30.8. The van der Waals surface area contributed by atoms with E-state index in [1.807, 2.05) is 0 Å². The molecule has 0 aromatic rings. The minimum absolute atomic E-state index is 0.431. The summed E-state index contributed by atoms with van der Waals surface area (Å²) >= 11 is 0. The van der Waals surface area contributed by atoms with E-state index in [1.165, 1.54) is 25.7 Å². The Balaban J connectivity index is 0.000000130. The monoisotopic (exact) mass is 172 g/mol. The molecule has 2 saturated heterocycles. The van der Waals surface area contributed by atoms with Crippen LogP contribution in [0, 0.1) is 0 Å². The van der Waals surface area contributed by atoms with Crippen molar-refractivity contribution in [2.45, 2.75) is 44.8 Å². The highest BCUT2D eigenvalue weighted by atomic mass is 16.5. The summed E-state index contributed by atoms with van der Waals surface area (Å²) in [5.41, 5.74) is 0. The summed E-state index contributed by atoms with van der Waals surface area (Å²) < 4.78 is 9.62. The van der Waals surface area contributed by atoms with Gasteiger partial charge in [0.2, 0.25) is 0 Å². The lowest BCUT2D eigenvalue weighted by Crippen LogP contribution is -1.98. The lowest BCUT2D eigenvalue weighted by molar-refractivity contribution is -0.128. The Kier molecular flexibility index (Phi) is 4.08. The third kappa shape index (κ3) is 2.81. The Morgan fingerprint density at radius 2 is 1.83 bits per heavy atom. The van der Waals surface area contributed by atoms with Crippen molar-refractivity contribution in [2.75, 3.05) is 6.61 Å². The van der Waals surface area contributed by atoms with E-state index >= 15 is 0 Å². The van der Waals surface area contributed by atoms with Gasteiger partial charge in [-0.25, -0.2) is 0 Å². The van der Waals surface area contributed by atoms with Crippen LogP contribution < -0.4 is 0 Å². The first kappa shape index (κ1) is 9.52. The van der Waals surface area contributed by atoms with Gasteiger partial charge >= 0.3 is 0 Å². The Bertz CT molecular complexity index is 118. The molecular weight excluding hydrogens is 156 g/mol. The number of fused-ring (bicyclic) bond motifs is 2. The van der Waals surface area contributed by atoms with E-state index in [-0.39, 0.29) is 0 Å². The first-order chi connectivity index (χ1) is 5.86. The molecule has 0 unspecified atom stereocenters. The Hall–Kier alpha value is -0.570. The maximum atomic E-state index is 9.18. The molecule has 2 aliphatic heterocycles. The van der Waals surface area contributed by atoms with E-state index in [0.29, 0.717) is 25.3 Å². The molecule has 2 heterocycles. The van der Waals surface area contributed by atoms with Crippen LogP contribution in [0.3, 0.4) is 0 Å². The largest absolute Gasteiger partial charge is 0.468 e. The standard InChI is InChI=1S/C6H10O.C3H6O2/c1-2-6-4-3-5(1)7-6;1-2-5-3-4/h5-6H,1-4H2;3H,2H2,1H3. The molecule has 0 aromatic carbocycles. The molecule has 2 bridgehead atoms. The fourth-order valence-corrected chi connectivity index (χ4v) is 1.64. The Morgan fingerprint density at radius 1 is 1.33 bits per heavy atom. The van der Waals surface area contributed by atoms with E-state index in [9.17, 15) is 4.79 Å². The lowest BCUT2D eigenvalue weighted by Gasteiger charge is -2.00. The quantitative estimate of drug-likeness (QED) is 0.592. The van der Waals surface area contributed by atoms with Gasteiger partial charge in [-0.15, -0.1) is 0 Å². The van der Waals surface area contributed by atoms with Crippen LogP contribution in [0.25, 0.3) is 0 Å². The van der Waals surface area contributed by atoms with Crippen molar-refractivity contribution < 1.29 is 14.3 Å². The van der Waals surface area contributed by atoms with Gasteiger partial charge in [0, 0.05) is 0 Å². The second-order valence-electron chi connectivity index (χ2n) is 3.09. The molecule has 0 radical (unpaired) electrons. The van der Waals surface area contributed by atoms with Crippen LogP contribution in [-0.4, -0.2) is 25.3 Å². The van der Waals surface area contributed by atoms with Crippen molar-refractivity contribution in [1.82, 2.24) is 0 Å². The van der Waals surface area contributed by atoms with Crippen LogP contribution in [0.4, 0.5) is 0 Å². The van der Waals surface area contributed by atoms with Gasteiger partial charge in [0.05, 0.1) is 18.8 Å². The van der Waals surface area contributed by atoms with Crippen LogP contribution >= 0.6 is 0 Å². The smallest absolute Gasteiger partial charge is 0.293 e. The summed E-state index contributed by atoms with van der Waals surface area (Å²) in [6, 6.07) is 0. The number of hydrogen-bond donors (Lipinski definition) is 0. The maximum Gasteiger partial charge on any atom is 0.293 e. The average Bonchev–Trinajstić information content (AvgIpc) is 2.69. The topological polar surface area (TPSA) is 35.5 Å². The summed E-state index contributed by atoms with van der Waals surface area (Å²) in [6.45, 7) is 2.66. The van der Waals surface area contributed by atoms with Gasteiger partial charge in [-0.1, -0.05) is 0 Å². The lowest BCUT2D eigenvalue weighted by atomic mass is 10.0. The van der Waals surface area contributed by atoms with Gasteiger partial charge in [-0.05, 0) is 32.6 Å². The van der Waals surface area contributed by atoms with Gasteiger partial charge in [-0.2, -0.15) is 0 Å². The van der Waals surface area contributed by atoms with Gasteiger partial charge in [0.15, 0.2) is 0 Å². The second kappa shape index (κ2) is 5.14. The number of ether oxygens (including phenoxy) is 2. The molecule has 0 aliphatic carbocycles.